The van der Waals surface area contributed by atoms with E-state index in [4.69, 9.17) is 10.2 Å². The van der Waals surface area contributed by atoms with Gasteiger partial charge in [0.1, 0.15) is 17.4 Å². The van der Waals surface area contributed by atoms with Crippen molar-refractivity contribution in [3.05, 3.63) is 30.6 Å². The predicted octanol–water partition coefficient (Wildman–Crippen LogP) is 2.33. The van der Waals surface area contributed by atoms with Crippen LogP contribution in [0.5, 0.6) is 0 Å². The Kier molecular flexibility index (Phi) is 3.25. The maximum Gasteiger partial charge on any atom is 0.314 e. The number of fused-ring (bicyclic) bond motifs is 3. The normalized spacial score (nSPS) is 18.4. The van der Waals surface area contributed by atoms with Gasteiger partial charge in [-0.2, -0.15) is 0 Å². The fourth-order valence-corrected chi connectivity index (χ4v) is 3.11. The zero-order valence-electron chi connectivity index (χ0n) is 12.5. The van der Waals surface area contributed by atoms with Gasteiger partial charge in [0.05, 0.1) is 0 Å². The number of para-hydroxylation sites is 1. The van der Waals surface area contributed by atoms with Crippen LogP contribution < -0.4 is 11.1 Å². The molecular formula is C16H17N5O2. The van der Waals surface area contributed by atoms with Crippen molar-refractivity contribution in [2.45, 2.75) is 18.9 Å². The van der Waals surface area contributed by atoms with E-state index in [1.165, 1.54) is 6.33 Å². The molecule has 1 aliphatic heterocycles. The highest BCUT2D eigenvalue weighted by atomic mass is 16.3. The second-order valence-electron chi connectivity index (χ2n) is 5.77. The Balaban J connectivity index is 1.68. The van der Waals surface area contributed by atoms with Crippen molar-refractivity contribution in [1.82, 2.24) is 14.9 Å². The molecule has 7 heteroatoms. The van der Waals surface area contributed by atoms with E-state index in [1.807, 2.05) is 24.3 Å². The first-order chi connectivity index (χ1) is 11.2. The Hall–Kier alpha value is -2.83. The van der Waals surface area contributed by atoms with E-state index in [0.29, 0.717) is 24.5 Å². The molecule has 0 aliphatic carbocycles. The molecule has 7 nitrogen and oxygen atoms in total. The molecule has 1 saturated heterocycles. The molecule has 3 aromatic rings. The van der Waals surface area contributed by atoms with Gasteiger partial charge in [0, 0.05) is 24.5 Å². The Bertz CT molecular complexity index is 875. The van der Waals surface area contributed by atoms with E-state index in [2.05, 4.69) is 15.3 Å². The highest BCUT2D eigenvalue weighted by Crippen LogP contribution is 2.31. The van der Waals surface area contributed by atoms with Gasteiger partial charge >= 0.3 is 6.03 Å². The minimum Gasteiger partial charge on any atom is -0.450 e. The minimum absolute atomic E-state index is 0.0996. The van der Waals surface area contributed by atoms with Gasteiger partial charge in [-0.25, -0.2) is 14.8 Å². The topological polar surface area (TPSA) is 97.3 Å². The van der Waals surface area contributed by atoms with Gasteiger partial charge in [0.15, 0.2) is 11.4 Å². The van der Waals surface area contributed by atoms with E-state index < -0.39 is 0 Å². The van der Waals surface area contributed by atoms with E-state index in [0.717, 1.165) is 29.3 Å². The molecule has 3 N–H and O–H groups in total. The zero-order chi connectivity index (χ0) is 15.8. The van der Waals surface area contributed by atoms with E-state index >= 15 is 0 Å². The average molecular weight is 311 g/mol. The molecule has 2 aromatic heterocycles. The largest absolute Gasteiger partial charge is 0.450 e. The van der Waals surface area contributed by atoms with Crippen LogP contribution in [0.25, 0.3) is 22.1 Å². The molecule has 4 rings (SSSR count). The fraction of sp³-hybridized carbons (Fsp3) is 0.312. The van der Waals surface area contributed by atoms with Crippen LogP contribution in [0, 0.1) is 0 Å². The average Bonchev–Trinajstić information content (AvgIpc) is 2.95. The monoisotopic (exact) mass is 311 g/mol. The van der Waals surface area contributed by atoms with Crippen LogP contribution in [0.2, 0.25) is 0 Å². The maximum atomic E-state index is 11.4. The van der Waals surface area contributed by atoms with Crippen LogP contribution in [-0.2, 0) is 0 Å². The SMILES string of the molecule is NC(=O)N1CCCC(Nc2ncnc3c2oc2ccccc23)C1. The van der Waals surface area contributed by atoms with Crippen LogP contribution in [0.1, 0.15) is 12.8 Å². The van der Waals surface area contributed by atoms with Crippen molar-refractivity contribution in [1.29, 1.82) is 0 Å². The first-order valence-electron chi connectivity index (χ1n) is 7.65. The summed E-state index contributed by atoms with van der Waals surface area (Å²) >= 11 is 0. The van der Waals surface area contributed by atoms with Crippen LogP contribution >= 0.6 is 0 Å². The number of nitrogens with one attached hydrogen (secondary N) is 1. The third-order valence-corrected chi connectivity index (χ3v) is 4.23. The molecule has 1 unspecified atom stereocenters. The number of urea groups is 1. The number of hydrogen-bond donors (Lipinski definition) is 2. The maximum absolute atomic E-state index is 11.4. The second-order valence-corrected chi connectivity index (χ2v) is 5.77. The number of rotatable bonds is 2. The van der Waals surface area contributed by atoms with E-state index in [1.54, 1.807) is 4.90 Å². The van der Waals surface area contributed by atoms with Crippen molar-refractivity contribution in [2.24, 2.45) is 5.73 Å². The van der Waals surface area contributed by atoms with E-state index in [9.17, 15) is 4.79 Å². The molecule has 1 fully saturated rings. The smallest absolute Gasteiger partial charge is 0.314 e. The lowest BCUT2D eigenvalue weighted by atomic mass is 10.1. The van der Waals surface area contributed by atoms with Crippen molar-refractivity contribution in [3.63, 3.8) is 0 Å². The number of furan rings is 1. The third kappa shape index (κ3) is 2.44. The lowest BCUT2D eigenvalue weighted by molar-refractivity contribution is 0.192. The van der Waals surface area contributed by atoms with Gasteiger partial charge in [-0.05, 0) is 25.0 Å². The molecule has 1 atom stereocenters. The highest BCUT2D eigenvalue weighted by molar-refractivity contribution is 6.05. The number of likely N-dealkylation sites (tertiary alicyclic amines) is 1. The predicted molar refractivity (Wildman–Crippen MR) is 87.1 cm³/mol. The lowest BCUT2D eigenvalue weighted by Crippen LogP contribution is -2.47. The van der Waals surface area contributed by atoms with Gasteiger partial charge in [-0.15, -0.1) is 0 Å². The van der Waals surface area contributed by atoms with Gasteiger partial charge in [-0.1, -0.05) is 12.1 Å². The van der Waals surface area contributed by atoms with Crippen molar-refractivity contribution in [2.75, 3.05) is 18.4 Å². The summed E-state index contributed by atoms with van der Waals surface area (Å²) in [5.41, 5.74) is 7.60. The first-order valence-corrected chi connectivity index (χ1v) is 7.65. The number of anilines is 1. The van der Waals surface area contributed by atoms with Crippen LogP contribution in [0.15, 0.2) is 35.0 Å². The summed E-state index contributed by atoms with van der Waals surface area (Å²) in [4.78, 5) is 21.7. The van der Waals surface area contributed by atoms with Crippen LogP contribution in [0.3, 0.4) is 0 Å². The van der Waals surface area contributed by atoms with E-state index in [-0.39, 0.29) is 12.1 Å². The van der Waals surface area contributed by atoms with Crippen molar-refractivity contribution in [3.8, 4) is 0 Å². The highest BCUT2D eigenvalue weighted by Gasteiger charge is 2.23. The minimum atomic E-state index is -0.381. The van der Waals surface area contributed by atoms with Gasteiger partial charge in [0.2, 0.25) is 0 Å². The number of piperidine rings is 1. The number of carbonyl (C=O) groups is 1. The summed E-state index contributed by atoms with van der Waals surface area (Å²) in [7, 11) is 0. The number of amides is 2. The molecule has 1 aliphatic rings. The molecule has 23 heavy (non-hydrogen) atoms. The molecule has 0 bridgehead atoms. The van der Waals surface area contributed by atoms with Gasteiger partial charge in [-0.3, -0.25) is 0 Å². The molecule has 0 spiro atoms. The summed E-state index contributed by atoms with van der Waals surface area (Å²) in [5, 5.41) is 4.34. The number of hydrogen-bond acceptors (Lipinski definition) is 5. The third-order valence-electron chi connectivity index (χ3n) is 4.23. The molecule has 1 aromatic carbocycles. The summed E-state index contributed by atoms with van der Waals surface area (Å²) in [6.07, 6.45) is 3.39. The van der Waals surface area contributed by atoms with Gasteiger partial charge < -0.3 is 20.4 Å². The number of benzene rings is 1. The molecule has 0 saturated carbocycles. The number of nitrogens with zero attached hydrogens (tertiary/aromatic N) is 3. The number of carbonyl (C=O) groups excluding carboxylic acids is 1. The Morgan fingerprint density at radius 3 is 3.09 bits per heavy atom. The fourth-order valence-electron chi connectivity index (χ4n) is 3.11. The summed E-state index contributed by atoms with van der Waals surface area (Å²) in [6, 6.07) is 7.50. The second kappa shape index (κ2) is 5.42. The summed E-state index contributed by atoms with van der Waals surface area (Å²) in [6.45, 7) is 1.28. The molecule has 0 radical (unpaired) electrons. The Morgan fingerprint density at radius 2 is 2.22 bits per heavy atom. The van der Waals surface area contributed by atoms with Crippen molar-refractivity contribution >= 4 is 33.9 Å². The lowest BCUT2D eigenvalue weighted by Gasteiger charge is -2.32. The summed E-state index contributed by atoms with van der Waals surface area (Å²) in [5.74, 6) is 0.655. The zero-order valence-corrected chi connectivity index (χ0v) is 12.5. The molecular weight excluding hydrogens is 294 g/mol. The van der Waals surface area contributed by atoms with Crippen LogP contribution in [0.4, 0.5) is 10.6 Å². The number of primary amides is 1. The summed E-state index contributed by atoms with van der Waals surface area (Å²) < 4.78 is 5.91. The standard InChI is InChI=1S/C16H17N5O2/c17-16(22)21-7-3-4-10(8-21)20-15-14-13(18-9-19-15)11-5-1-2-6-12(11)23-14/h1-2,5-6,9-10H,3-4,7-8H2,(H2,17,22)(H,18,19,20). The molecule has 118 valence electrons. The van der Waals surface area contributed by atoms with Crippen molar-refractivity contribution < 1.29 is 9.21 Å². The molecule has 3 heterocycles. The van der Waals surface area contributed by atoms with Gasteiger partial charge in [0.25, 0.3) is 0 Å². The number of aromatic nitrogens is 2. The molecule has 2 amide bonds. The number of nitrogens with two attached hydrogens (primary N) is 1. The Morgan fingerprint density at radius 1 is 1.35 bits per heavy atom. The van der Waals surface area contributed by atoms with Crippen LogP contribution in [-0.4, -0.2) is 40.0 Å². The quantitative estimate of drug-likeness (QED) is 0.757. The first kappa shape index (κ1) is 13.8. The Labute approximate surface area is 132 Å².